The summed E-state index contributed by atoms with van der Waals surface area (Å²) >= 11 is 0. The number of nitrogens with zero attached hydrogens (tertiary/aromatic N) is 1. The van der Waals surface area contributed by atoms with Crippen LogP contribution in [0.2, 0.25) is 0 Å². The largest absolute Gasteiger partial charge is 0.472 e. The van der Waals surface area contributed by atoms with Gasteiger partial charge in [0.1, 0.15) is 11.2 Å². The third kappa shape index (κ3) is 3.02. The molecule has 0 aromatic carbocycles. The first-order valence-corrected chi connectivity index (χ1v) is 14.6. The maximum Gasteiger partial charge on any atom is 0.107 e. The number of hydrogen-bond acceptors (Lipinski definition) is 5. The molecule has 4 saturated carbocycles. The minimum absolute atomic E-state index is 0.00351. The van der Waals surface area contributed by atoms with Crippen molar-refractivity contribution in [2.75, 3.05) is 33.4 Å². The lowest BCUT2D eigenvalue weighted by molar-refractivity contribution is -0.205. The van der Waals surface area contributed by atoms with Crippen molar-refractivity contribution in [2.24, 2.45) is 28.6 Å². The van der Waals surface area contributed by atoms with Gasteiger partial charge in [-0.05, 0) is 100 Å². The molecule has 6 aliphatic rings. The quantitative estimate of drug-likeness (QED) is 0.480. The topological polar surface area (TPSA) is 47.4 Å². The summed E-state index contributed by atoms with van der Waals surface area (Å²) in [5.41, 5.74) is 1.34. The molecule has 1 aromatic rings. The number of epoxide rings is 1. The smallest absolute Gasteiger partial charge is 0.107 e. The lowest BCUT2D eigenvalue weighted by Crippen LogP contribution is -2.61. The zero-order valence-electron chi connectivity index (χ0n) is 22.1. The summed E-state index contributed by atoms with van der Waals surface area (Å²) in [5, 5.41) is 0. The number of ether oxygens (including phenoxy) is 3. The second kappa shape index (κ2) is 8.06. The Morgan fingerprint density at radius 1 is 1.06 bits per heavy atom. The summed E-state index contributed by atoms with van der Waals surface area (Å²) in [7, 11) is 1.91. The predicted octanol–water partition coefficient (Wildman–Crippen LogP) is 5.78. The molecular formula is C30H45NO4. The Bertz CT molecular complexity index is 929. The van der Waals surface area contributed by atoms with Crippen molar-refractivity contribution < 1.29 is 18.6 Å². The molecule has 0 amide bonds. The van der Waals surface area contributed by atoms with Gasteiger partial charge in [0.15, 0.2) is 0 Å². The first kappa shape index (κ1) is 23.3. The van der Waals surface area contributed by atoms with Crippen LogP contribution in [0, 0.1) is 28.6 Å². The molecule has 5 heteroatoms. The molecule has 3 heterocycles. The summed E-state index contributed by atoms with van der Waals surface area (Å²) in [4.78, 5) is 2.58. The number of hydrogen-bond donors (Lipinski definition) is 0. The van der Waals surface area contributed by atoms with E-state index in [1.165, 1.54) is 76.4 Å². The Morgan fingerprint density at radius 3 is 2.69 bits per heavy atom. The van der Waals surface area contributed by atoms with E-state index >= 15 is 0 Å². The maximum absolute atomic E-state index is 6.78. The van der Waals surface area contributed by atoms with Crippen LogP contribution in [-0.2, 0) is 19.8 Å². The van der Waals surface area contributed by atoms with Gasteiger partial charge in [-0.15, -0.1) is 0 Å². The zero-order valence-corrected chi connectivity index (χ0v) is 22.1. The van der Waals surface area contributed by atoms with Gasteiger partial charge in [0.05, 0.1) is 31.3 Å². The van der Waals surface area contributed by atoms with E-state index in [-0.39, 0.29) is 16.6 Å². The summed E-state index contributed by atoms with van der Waals surface area (Å²) in [6.07, 6.45) is 17.2. The first-order valence-electron chi connectivity index (χ1n) is 14.6. The molecule has 0 bridgehead atoms. The molecule has 1 spiro atoms. The van der Waals surface area contributed by atoms with Crippen molar-refractivity contribution in [1.29, 1.82) is 0 Å². The third-order valence-corrected chi connectivity index (χ3v) is 12.4. The van der Waals surface area contributed by atoms with Gasteiger partial charge in [-0.2, -0.15) is 0 Å². The van der Waals surface area contributed by atoms with Gasteiger partial charge in [-0.3, -0.25) is 0 Å². The molecule has 4 aliphatic carbocycles. The highest BCUT2D eigenvalue weighted by Crippen LogP contribution is 2.79. The Balaban J connectivity index is 1.08. The van der Waals surface area contributed by atoms with Crippen molar-refractivity contribution in [1.82, 2.24) is 4.90 Å². The van der Waals surface area contributed by atoms with Crippen LogP contribution in [0.1, 0.15) is 83.6 Å². The van der Waals surface area contributed by atoms with E-state index in [0.29, 0.717) is 23.5 Å². The molecule has 6 fully saturated rings. The molecule has 2 aliphatic heterocycles. The van der Waals surface area contributed by atoms with Crippen molar-refractivity contribution in [3.8, 4) is 0 Å². The molecule has 4 unspecified atom stereocenters. The fourth-order valence-electron chi connectivity index (χ4n) is 10.5. The van der Waals surface area contributed by atoms with E-state index in [4.69, 9.17) is 18.6 Å². The van der Waals surface area contributed by atoms with Crippen LogP contribution >= 0.6 is 0 Å². The van der Waals surface area contributed by atoms with Crippen LogP contribution in [0.15, 0.2) is 23.0 Å². The third-order valence-electron chi connectivity index (χ3n) is 12.4. The van der Waals surface area contributed by atoms with E-state index in [9.17, 15) is 0 Å². The molecule has 1 aromatic heterocycles. The summed E-state index contributed by atoms with van der Waals surface area (Å²) in [5.74, 6) is 2.22. The highest BCUT2D eigenvalue weighted by molar-refractivity contribution is 5.38. The minimum atomic E-state index is -0.285. The Labute approximate surface area is 211 Å². The molecule has 0 N–H and O–H groups in total. The summed E-state index contributed by atoms with van der Waals surface area (Å²) in [6, 6.07) is 2.13. The number of furan rings is 1. The van der Waals surface area contributed by atoms with Crippen molar-refractivity contribution in [2.45, 2.75) is 101 Å². The molecule has 0 radical (unpaired) electrons. The number of rotatable bonds is 6. The average Bonchev–Trinajstić information content (AvgIpc) is 3.28. The standard InChI is InChI=1S/C30H45NO4/c1-27-11-8-23(34-17-15-31-13-4-5-14-31)18-21(27)6-7-25-24(27)9-12-28(2)29(32-3,22-10-16-33-20-22)19-26-30(25,28)35-26/h10,16,20-21,23-26H,4-9,11-15,17-19H2,1-3H3/t21?,23?,24-,25-,26?,27+,28-,29?,30+/m1/s1. The van der Waals surface area contributed by atoms with Crippen LogP contribution in [0.25, 0.3) is 0 Å². The lowest BCUT2D eigenvalue weighted by atomic mass is 9.43. The zero-order chi connectivity index (χ0) is 23.9. The molecule has 194 valence electrons. The van der Waals surface area contributed by atoms with Gasteiger partial charge in [-0.1, -0.05) is 13.8 Å². The van der Waals surface area contributed by atoms with Crippen LogP contribution < -0.4 is 0 Å². The van der Waals surface area contributed by atoms with Crippen molar-refractivity contribution in [3.63, 3.8) is 0 Å². The number of fused-ring (bicyclic) bond motifs is 3. The van der Waals surface area contributed by atoms with Gasteiger partial charge in [-0.25, -0.2) is 0 Å². The summed E-state index contributed by atoms with van der Waals surface area (Å²) < 4.78 is 25.3. The fraction of sp³-hybridized carbons (Fsp3) is 0.867. The molecule has 5 nitrogen and oxygen atoms in total. The minimum Gasteiger partial charge on any atom is -0.472 e. The average molecular weight is 484 g/mol. The number of methoxy groups -OCH3 is 1. The highest BCUT2D eigenvalue weighted by atomic mass is 16.6. The Morgan fingerprint density at radius 2 is 1.91 bits per heavy atom. The molecule has 9 atom stereocenters. The predicted molar refractivity (Wildman–Crippen MR) is 134 cm³/mol. The van der Waals surface area contributed by atoms with E-state index in [1.54, 1.807) is 6.26 Å². The van der Waals surface area contributed by atoms with E-state index in [1.807, 2.05) is 13.4 Å². The van der Waals surface area contributed by atoms with Gasteiger partial charge in [0.2, 0.25) is 0 Å². The van der Waals surface area contributed by atoms with Crippen LogP contribution in [0.4, 0.5) is 0 Å². The van der Waals surface area contributed by atoms with E-state index in [2.05, 4.69) is 24.8 Å². The SMILES string of the molecule is COC1(c2ccoc2)CC2O[C@@]23[C@@H]2CCC4CC(OCCN5CCCC5)CC[C@]4(C)[C@@H]2CC[C@]13C. The van der Waals surface area contributed by atoms with E-state index in [0.717, 1.165) is 31.4 Å². The van der Waals surface area contributed by atoms with Gasteiger partial charge in [0, 0.05) is 31.1 Å². The molecule has 2 saturated heterocycles. The second-order valence-corrected chi connectivity index (χ2v) is 13.3. The van der Waals surface area contributed by atoms with Crippen molar-refractivity contribution in [3.05, 3.63) is 24.2 Å². The van der Waals surface area contributed by atoms with Crippen LogP contribution in [0.3, 0.4) is 0 Å². The normalized spacial score (nSPS) is 50.9. The highest BCUT2D eigenvalue weighted by Gasteiger charge is 2.85. The Kier molecular flexibility index (Phi) is 5.35. The monoisotopic (exact) mass is 483 g/mol. The van der Waals surface area contributed by atoms with Crippen LogP contribution in [-0.4, -0.2) is 56.1 Å². The van der Waals surface area contributed by atoms with E-state index < -0.39 is 0 Å². The van der Waals surface area contributed by atoms with Crippen molar-refractivity contribution >= 4 is 0 Å². The molecule has 35 heavy (non-hydrogen) atoms. The molecular weight excluding hydrogens is 438 g/mol. The van der Waals surface area contributed by atoms with Gasteiger partial charge in [0.25, 0.3) is 0 Å². The molecule has 7 rings (SSSR count). The number of likely N-dealkylation sites (tertiary alicyclic amines) is 1. The second-order valence-electron chi connectivity index (χ2n) is 13.3. The maximum atomic E-state index is 6.78. The van der Waals surface area contributed by atoms with Crippen LogP contribution in [0.5, 0.6) is 0 Å². The Hall–Kier alpha value is -0.880. The summed E-state index contributed by atoms with van der Waals surface area (Å²) in [6.45, 7) is 9.70. The first-order chi connectivity index (χ1) is 17.0. The fourth-order valence-corrected chi connectivity index (χ4v) is 10.5. The lowest BCUT2D eigenvalue weighted by Gasteiger charge is -2.62. The van der Waals surface area contributed by atoms with Gasteiger partial charge < -0.3 is 23.5 Å². The van der Waals surface area contributed by atoms with Gasteiger partial charge >= 0.3 is 0 Å².